The summed E-state index contributed by atoms with van der Waals surface area (Å²) in [4.78, 5) is 79.5. The molecule has 4 amide bonds. The Morgan fingerprint density at radius 3 is 1.42 bits per heavy atom. The Morgan fingerprint density at radius 1 is 0.592 bits per heavy atom. The summed E-state index contributed by atoms with van der Waals surface area (Å²) >= 11 is 0. The van der Waals surface area contributed by atoms with Crippen LogP contribution >= 0.6 is 0 Å². The zero-order valence-corrected chi connectivity index (χ0v) is 42.2. The van der Waals surface area contributed by atoms with E-state index in [2.05, 4.69) is 51.8 Å². The molecule has 76 heavy (non-hydrogen) atoms. The number of rotatable bonds is 20. The number of aliphatic hydroxyl groups is 6. The lowest BCUT2D eigenvalue weighted by Gasteiger charge is -2.25. The van der Waals surface area contributed by atoms with Crippen molar-refractivity contribution in [3.8, 4) is 0 Å². The van der Waals surface area contributed by atoms with E-state index in [9.17, 15) is 45.0 Å². The highest BCUT2D eigenvalue weighted by molar-refractivity contribution is 5.86. The van der Waals surface area contributed by atoms with Crippen LogP contribution in [0.3, 0.4) is 0 Å². The molecule has 29 nitrogen and oxygen atoms in total. The van der Waals surface area contributed by atoms with E-state index in [0.717, 1.165) is 24.5 Å². The maximum absolute atomic E-state index is 14.2. The van der Waals surface area contributed by atoms with Crippen molar-refractivity contribution in [1.82, 2.24) is 78.6 Å². The summed E-state index contributed by atoms with van der Waals surface area (Å²) < 4.78 is 7.31. The van der Waals surface area contributed by atoms with Crippen molar-refractivity contribution in [2.75, 3.05) is 73.7 Å². The molecule has 0 aromatic carbocycles. The van der Waals surface area contributed by atoms with E-state index >= 15 is 0 Å². The maximum Gasteiger partial charge on any atom is 0.320 e. The number of urea groups is 1. The molecule has 0 unspecified atom stereocenters. The van der Waals surface area contributed by atoms with E-state index in [4.69, 9.17) is 19.9 Å². The SMILES string of the molecule is CCn1cnc(CCNc2nc(N[C@@H]3CCN(C(=O)N4CC[C@@H](Nc5nc(NCCc6cn(CC)cn6)nc6c5ncn6[C@@H]5C[C@H](NC(=O)CO)[C@@H](O)[C@H]5O)C4)C3)c3ncn([C@@H]4C[C@H](NC(=O)CO)[C@@H](O)[C@H]4O)c3n2)c1. The Bertz CT molecular complexity index is 2820. The first kappa shape index (κ1) is 52.1. The zero-order valence-electron chi connectivity index (χ0n) is 42.2. The number of carbonyl (C=O) groups excluding carboxylic acids is 3. The normalized spacial score (nSPS) is 25.5. The maximum atomic E-state index is 14.2. The molecule has 10 atom stereocenters. The van der Waals surface area contributed by atoms with Gasteiger partial charge in [0.1, 0.15) is 37.6 Å². The van der Waals surface area contributed by atoms with Gasteiger partial charge in [0.2, 0.25) is 23.7 Å². The third kappa shape index (κ3) is 10.9. The smallest absolute Gasteiger partial charge is 0.320 e. The first-order valence-corrected chi connectivity index (χ1v) is 25.9. The molecule has 6 aromatic heterocycles. The number of carbonyl (C=O) groups is 3. The molecule has 408 valence electrons. The quantitative estimate of drug-likeness (QED) is 0.0386. The van der Waals surface area contributed by atoms with Crippen molar-refractivity contribution in [3.05, 3.63) is 49.1 Å². The first-order valence-electron chi connectivity index (χ1n) is 25.9. The van der Waals surface area contributed by atoms with Crippen molar-refractivity contribution < 1.29 is 45.0 Å². The Kier molecular flexibility index (Phi) is 15.4. The lowest BCUT2D eigenvalue weighted by Crippen LogP contribution is -2.44. The van der Waals surface area contributed by atoms with Gasteiger partial charge in [-0.05, 0) is 39.5 Å². The summed E-state index contributed by atoms with van der Waals surface area (Å²) in [6.07, 6.45) is 8.09. The van der Waals surface area contributed by atoms with Gasteiger partial charge in [-0.15, -0.1) is 0 Å². The molecule has 0 spiro atoms. The number of hydrogen-bond acceptors (Lipinski definition) is 21. The molecule has 12 N–H and O–H groups in total. The van der Waals surface area contributed by atoms with E-state index in [1.54, 1.807) is 31.6 Å². The fraction of sp³-hybridized carbons (Fsp3) is 0.596. The van der Waals surface area contributed by atoms with Crippen LogP contribution in [0.2, 0.25) is 0 Å². The van der Waals surface area contributed by atoms with Gasteiger partial charge >= 0.3 is 6.03 Å². The van der Waals surface area contributed by atoms with E-state index in [1.165, 1.54) is 12.7 Å². The molecular formula is C47H66N20O9. The van der Waals surface area contributed by atoms with Crippen LogP contribution in [0.1, 0.15) is 63.0 Å². The number of aliphatic hydroxyl groups excluding tert-OH is 6. The van der Waals surface area contributed by atoms with E-state index in [1.807, 2.05) is 35.4 Å². The molecule has 6 aromatic rings. The monoisotopic (exact) mass is 1050 g/mol. The lowest BCUT2D eigenvalue weighted by molar-refractivity contribution is -0.126. The second kappa shape index (κ2) is 22.5. The van der Waals surface area contributed by atoms with Gasteiger partial charge in [0.05, 0.1) is 60.9 Å². The summed E-state index contributed by atoms with van der Waals surface area (Å²) in [6.45, 7) is 6.74. The van der Waals surface area contributed by atoms with Crippen LogP contribution in [-0.4, -0.2) is 217 Å². The lowest BCUT2D eigenvalue weighted by atomic mass is 10.2. The van der Waals surface area contributed by atoms with Crippen LogP contribution in [0.5, 0.6) is 0 Å². The molecule has 8 heterocycles. The second-order valence-electron chi connectivity index (χ2n) is 19.9. The number of imidazole rings is 4. The zero-order chi connectivity index (χ0) is 53.2. The van der Waals surface area contributed by atoms with Crippen molar-refractivity contribution in [1.29, 1.82) is 0 Å². The second-order valence-corrected chi connectivity index (χ2v) is 19.9. The minimum absolute atomic E-state index is 0.128. The van der Waals surface area contributed by atoms with Crippen LogP contribution in [0.15, 0.2) is 37.7 Å². The van der Waals surface area contributed by atoms with Crippen molar-refractivity contribution in [2.45, 2.75) is 126 Å². The number of nitrogens with zero attached hydrogens (tertiary/aromatic N) is 14. The predicted octanol–water partition coefficient (Wildman–Crippen LogP) is -2.21. The minimum Gasteiger partial charge on any atom is -0.388 e. The molecule has 2 saturated carbocycles. The van der Waals surface area contributed by atoms with Gasteiger partial charge in [0, 0.05) is 89.7 Å². The van der Waals surface area contributed by atoms with Gasteiger partial charge in [-0.25, -0.2) is 24.7 Å². The van der Waals surface area contributed by atoms with E-state index in [0.29, 0.717) is 98.9 Å². The number of aryl methyl sites for hydroxylation is 2. The molecule has 2 aliphatic carbocycles. The van der Waals surface area contributed by atoms with Gasteiger partial charge < -0.3 is 90.6 Å². The molecular weight excluding hydrogens is 989 g/mol. The highest BCUT2D eigenvalue weighted by Gasteiger charge is 2.45. The number of fused-ring (bicyclic) bond motifs is 2. The third-order valence-electron chi connectivity index (χ3n) is 14.9. The average molecular weight is 1060 g/mol. The van der Waals surface area contributed by atoms with Gasteiger partial charge in [-0.3, -0.25) is 9.59 Å². The molecule has 2 aliphatic heterocycles. The Balaban J connectivity index is 0.826. The Labute approximate surface area is 435 Å². The molecule has 0 radical (unpaired) electrons. The molecule has 4 aliphatic rings. The number of aromatic nitrogens is 12. The van der Waals surface area contributed by atoms with Crippen molar-refractivity contribution in [3.63, 3.8) is 0 Å². The summed E-state index contributed by atoms with van der Waals surface area (Å²) in [5.41, 5.74) is 3.37. The van der Waals surface area contributed by atoms with Gasteiger partial charge in [-0.2, -0.15) is 19.9 Å². The molecule has 2 saturated heterocycles. The molecule has 4 fully saturated rings. The highest BCUT2D eigenvalue weighted by atomic mass is 16.3. The third-order valence-corrected chi connectivity index (χ3v) is 14.9. The standard InChI is InChI=1S/C47H66N20O9/c1-3-62-15-25(50-21-62)5-9-48-45-58-41(35-43(60-45)66(23-52-35)31-13-29(37(72)39(31)74)56-33(70)19-68)54-27-7-11-64(17-27)47(76)65-12-8-28(18-65)55-42-36-44(61-46(59-42)49-10-6-26-16-63(4-2)22-51-26)67(24-53-36)32-14-30(38(73)40(32)75)57-34(71)20-69/h15-16,21-24,27-32,37-40,68-69,72-75H,3-14,17-20H2,1-2H3,(H,56,70)(H,57,71)(H2,48,54,58,60)(H2,49,55,59,61)/t27-,28-,29+,30+,31-,32-,37-,38-,39+,40+/m1/s1. The average Bonchev–Trinajstić information content (AvgIpc) is 4.32. The Hall–Kier alpha value is -7.31. The molecule has 0 bridgehead atoms. The number of likely N-dealkylation sites (tertiary alicyclic amines) is 2. The summed E-state index contributed by atoms with van der Waals surface area (Å²) in [5.74, 6) is 0.0590. The van der Waals surface area contributed by atoms with Crippen LogP contribution in [-0.2, 0) is 35.5 Å². The van der Waals surface area contributed by atoms with E-state index in [-0.39, 0.29) is 42.9 Å². The number of anilines is 4. The summed E-state index contributed by atoms with van der Waals surface area (Å²) in [5, 5.41) is 81.6. The fourth-order valence-electron chi connectivity index (χ4n) is 10.7. The molecule has 10 rings (SSSR count). The van der Waals surface area contributed by atoms with Crippen LogP contribution in [0.25, 0.3) is 22.3 Å². The number of hydrogen-bond donors (Lipinski definition) is 12. The Morgan fingerprint density at radius 2 is 1.03 bits per heavy atom. The summed E-state index contributed by atoms with van der Waals surface area (Å²) in [7, 11) is 0. The number of amides is 4. The van der Waals surface area contributed by atoms with Crippen molar-refractivity contribution >= 4 is 63.7 Å². The largest absolute Gasteiger partial charge is 0.388 e. The van der Waals surface area contributed by atoms with Crippen LogP contribution in [0, 0.1) is 0 Å². The van der Waals surface area contributed by atoms with Crippen LogP contribution < -0.4 is 31.9 Å². The number of nitrogens with one attached hydrogen (secondary N) is 6. The molecule has 29 heteroatoms. The van der Waals surface area contributed by atoms with Crippen LogP contribution in [0.4, 0.5) is 28.3 Å². The van der Waals surface area contributed by atoms with Gasteiger partial charge in [-0.1, -0.05) is 0 Å². The highest BCUT2D eigenvalue weighted by Crippen LogP contribution is 2.37. The van der Waals surface area contributed by atoms with Crippen molar-refractivity contribution in [2.24, 2.45) is 0 Å². The first-order chi connectivity index (χ1) is 36.8. The van der Waals surface area contributed by atoms with Gasteiger partial charge in [0.15, 0.2) is 34.0 Å². The minimum atomic E-state index is -1.30. The van der Waals surface area contributed by atoms with E-state index < -0.39 is 73.6 Å². The summed E-state index contributed by atoms with van der Waals surface area (Å²) in [6, 6.07) is -3.63. The topological polar surface area (TPSA) is 374 Å². The predicted molar refractivity (Wildman–Crippen MR) is 273 cm³/mol. The van der Waals surface area contributed by atoms with Gasteiger partial charge in [0.25, 0.3) is 0 Å². The fourth-order valence-corrected chi connectivity index (χ4v) is 10.7.